The van der Waals surface area contributed by atoms with Crippen molar-refractivity contribution in [2.45, 2.75) is 12.8 Å². The Labute approximate surface area is 158 Å². The molecule has 1 amide bonds. The molecule has 1 aromatic carbocycles. The van der Waals surface area contributed by atoms with Crippen LogP contribution in [-0.4, -0.2) is 77.2 Å². The zero-order valence-electron chi connectivity index (χ0n) is 11.3. The van der Waals surface area contributed by atoms with E-state index >= 15 is 0 Å². The van der Waals surface area contributed by atoms with Gasteiger partial charge in [-0.1, -0.05) is 30.3 Å². The molecule has 0 aliphatic heterocycles. The maximum absolute atomic E-state index is 12.0. The van der Waals surface area contributed by atoms with Crippen LogP contribution in [-0.2, 0) is 20.6 Å². The average molecular weight is 357 g/mol. The van der Waals surface area contributed by atoms with E-state index in [0.29, 0.717) is 0 Å². The first-order chi connectivity index (χ1) is 9.78. The van der Waals surface area contributed by atoms with E-state index in [2.05, 4.69) is 5.32 Å². The third-order valence-corrected chi connectivity index (χ3v) is 3.71. The van der Waals surface area contributed by atoms with E-state index in [1.807, 2.05) is 0 Å². The number of carbonyl (C=O) groups is 2. The van der Waals surface area contributed by atoms with Gasteiger partial charge in [0.15, 0.2) is 0 Å². The molecule has 0 spiro atoms. The van der Waals surface area contributed by atoms with Gasteiger partial charge in [-0.15, -0.1) is 0 Å². The fourth-order valence-corrected chi connectivity index (χ4v) is 2.73. The van der Waals surface area contributed by atoms with Gasteiger partial charge < -0.3 is 20.2 Å². The second-order valence-corrected chi connectivity index (χ2v) is 6.36. The molecule has 1 aromatic rings. The van der Waals surface area contributed by atoms with Crippen molar-refractivity contribution < 1.29 is 29.0 Å². The fourth-order valence-electron chi connectivity index (χ4n) is 1.86. The molecule has 0 aliphatic rings. The van der Waals surface area contributed by atoms with Crippen LogP contribution in [0.3, 0.4) is 0 Å². The summed E-state index contributed by atoms with van der Waals surface area (Å²) in [5.41, 5.74) is 0.782. The first kappa shape index (κ1) is 21.6. The molecule has 0 heterocycles. The van der Waals surface area contributed by atoms with E-state index < -0.39 is 31.6 Å². The van der Waals surface area contributed by atoms with Gasteiger partial charge in [0.1, 0.15) is 0 Å². The second kappa shape index (κ2) is 10.4. The van der Waals surface area contributed by atoms with Crippen LogP contribution in [0, 0.1) is 5.92 Å². The van der Waals surface area contributed by atoms with E-state index in [9.17, 15) is 14.2 Å². The Balaban J connectivity index is 0.00000441. The number of carboxylic acid groups (broad SMARTS) is 1. The Bertz CT molecular complexity index is 533. The summed E-state index contributed by atoms with van der Waals surface area (Å²) in [4.78, 5) is 40.5. The van der Waals surface area contributed by atoms with Gasteiger partial charge in [0.2, 0.25) is 5.91 Å². The molecule has 0 fully saturated rings. The van der Waals surface area contributed by atoms with Gasteiger partial charge >= 0.3 is 51.3 Å². The van der Waals surface area contributed by atoms with Crippen molar-refractivity contribution in [1.29, 1.82) is 0 Å². The number of aliphatic carboxylic acids is 1. The van der Waals surface area contributed by atoms with Crippen LogP contribution in [0.15, 0.2) is 30.3 Å². The van der Waals surface area contributed by atoms with Gasteiger partial charge in [-0.25, -0.2) is 0 Å². The zero-order chi connectivity index (χ0) is 15.9. The van der Waals surface area contributed by atoms with E-state index in [-0.39, 0.29) is 57.1 Å². The quantitative estimate of drug-likeness (QED) is 0.374. The number of benzene rings is 1. The summed E-state index contributed by atoms with van der Waals surface area (Å²) in [6.45, 7) is -0.0688. The van der Waals surface area contributed by atoms with Crippen LogP contribution in [0.5, 0.6) is 0 Å². The number of amides is 1. The predicted molar refractivity (Wildman–Crippen MR) is 84.4 cm³/mol. The number of carboxylic acids is 1. The molecule has 0 bridgehead atoms. The number of nitrogens with one attached hydrogen (secondary N) is 1. The van der Waals surface area contributed by atoms with Crippen LogP contribution in [0.2, 0.25) is 0 Å². The summed E-state index contributed by atoms with van der Waals surface area (Å²) >= 11 is 0. The Morgan fingerprint density at radius 2 is 1.77 bits per heavy atom. The summed E-state index contributed by atoms with van der Waals surface area (Å²) < 4.78 is 11.1. The molecule has 1 atom stereocenters. The number of hydrogen-bond acceptors (Lipinski definition) is 3. The van der Waals surface area contributed by atoms with E-state index in [4.69, 9.17) is 14.9 Å². The molecule has 120 valence electrons. The molecular formula is C13H20CaNO6P. The molecule has 0 aromatic heterocycles. The average Bonchev–Trinajstić information content (AvgIpc) is 2.37. The van der Waals surface area contributed by atoms with Gasteiger partial charge in [-0.2, -0.15) is 0 Å². The van der Waals surface area contributed by atoms with Gasteiger partial charge in [-0.05, 0) is 12.0 Å². The molecule has 0 saturated heterocycles. The Hall–Kier alpha value is -0.430. The molecule has 22 heavy (non-hydrogen) atoms. The molecule has 1 rings (SSSR count). The minimum atomic E-state index is -4.34. The Morgan fingerprint density at radius 1 is 1.18 bits per heavy atom. The van der Waals surface area contributed by atoms with Crippen molar-refractivity contribution in [2.24, 2.45) is 5.92 Å². The number of hydrogen-bond donors (Lipinski definition) is 4. The van der Waals surface area contributed by atoms with Gasteiger partial charge in [0.05, 0.1) is 18.5 Å². The van der Waals surface area contributed by atoms with Crippen molar-refractivity contribution in [3.05, 3.63) is 35.9 Å². The predicted octanol–water partition coefficient (Wildman–Crippen LogP) is -0.302. The van der Waals surface area contributed by atoms with Crippen LogP contribution in [0.25, 0.3) is 0 Å². The minimum absolute atomic E-state index is 0. The standard InChI is InChI=1S/C13H18NO6P.Ca.2H/c15-12(16)6-7-14-13(17)11(9-21(18,19)20)8-10-4-2-1-3-5-10;;;/h1-5,11H,6-9H2,(H,14,17)(H,15,16)(H2,18,19,20);;;/t11-;;;/m1.../s1. The molecule has 0 radical (unpaired) electrons. The fraction of sp³-hybridized carbons (Fsp3) is 0.385. The Morgan fingerprint density at radius 3 is 2.27 bits per heavy atom. The van der Waals surface area contributed by atoms with Crippen molar-refractivity contribution in [1.82, 2.24) is 5.32 Å². The third kappa shape index (κ3) is 9.56. The normalized spacial score (nSPS) is 12.1. The molecule has 9 heteroatoms. The van der Waals surface area contributed by atoms with Crippen LogP contribution in [0.4, 0.5) is 0 Å². The molecule has 0 saturated carbocycles. The maximum atomic E-state index is 12.0. The number of carbonyl (C=O) groups excluding carboxylic acids is 1. The summed E-state index contributed by atoms with van der Waals surface area (Å²) in [5.74, 6) is -2.50. The molecule has 0 aliphatic carbocycles. The molecule has 4 N–H and O–H groups in total. The second-order valence-electron chi connectivity index (χ2n) is 4.67. The van der Waals surface area contributed by atoms with Crippen molar-refractivity contribution in [3.63, 3.8) is 0 Å². The SMILES string of the molecule is O=C(O)CCNC(=O)[C@H](Cc1ccccc1)CP(=O)(O)O.[CaH2]. The van der Waals surface area contributed by atoms with E-state index in [0.717, 1.165) is 5.56 Å². The summed E-state index contributed by atoms with van der Waals surface area (Å²) in [6, 6.07) is 8.86. The Kier molecular flexibility index (Phi) is 10.2. The monoisotopic (exact) mass is 357 g/mol. The summed E-state index contributed by atoms with van der Waals surface area (Å²) in [6.07, 6.45) is -0.620. The van der Waals surface area contributed by atoms with Crippen molar-refractivity contribution in [2.75, 3.05) is 12.7 Å². The summed E-state index contributed by atoms with van der Waals surface area (Å²) in [5, 5.41) is 10.9. The summed E-state index contributed by atoms with van der Waals surface area (Å²) in [7, 11) is -4.34. The van der Waals surface area contributed by atoms with Crippen LogP contribution >= 0.6 is 7.60 Å². The van der Waals surface area contributed by atoms with Gasteiger partial charge in [-0.3, -0.25) is 14.2 Å². The molecule has 7 nitrogen and oxygen atoms in total. The first-order valence-corrected chi connectivity index (χ1v) is 8.15. The van der Waals surface area contributed by atoms with Crippen LogP contribution < -0.4 is 5.32 Å². The first-order valence-electron chi connectivity index (χ1n) is 6.36. The number of rotatable bonds is 8. The molecule has 0 unspecified atom stereocenters. The van der Waals surface area contributed by atoms with Crippen LogP contribution in [0.1, 0.15) is 12.0 Å². The molecular weight excluding hydrogens is 337 g/mol. The van der Waals surface area contributed by atoms with Gasteiger partial charge in [0.25, 0.3) is 0 Å². The van der Waals surface area contributed by atoms with Crippen molar-refractivity contribution >= 4 is 57.2 Å². The van der Waals surface area contributed by atoms with Gasteiger partial charge in [0, 0.05) is 6.54 Å². The third-order valence-electron chi connectivity index (χ3n) is 2.79. The zero-order valence-corrected chi connectivity index (χ0v) is 12.2. The van der Waals surface area contributed by atoms with E-state index in [1.165, 1.54) is 0 Å². The topological polar surface area (TPSA) is 124 Å². The van der Waals surface area contributed by atoms with E-state index in [1.54, 1.807) is 30.3 Å². The van der Waals surface area contributed by atoms with Crippen molar-refractivity contribution in [3.8, 4) is 0 Å².